The van der Waals surface area contributed by atoms with E-state index in [4.69, 9.17) is 0 Å². The third kappa shape index (κ3) is 5.65. The summed E-state index contributed by atoms with van der Waals surface area (Å²) < 4.78 is 0. The van der Waals surface area contributed by atoms with Crippen LogP contribution in [-0.4, -0.2) is 24.0 Å². The lowest BCUT2D eigenvalue weighted by Crippen LogP contribution is -2.30. The predicted octanol–water partition coefficient (Wildman–Crippen LogP) is 2.87. The van der Waals surface area contributed by atoms with Crippen molar-refractivity contribution < 1.29 is 4.79 Å². The minimum absolute atomic E-state index is 0. The number of anilines is 1. The summed E-state index contributed by atoms with van der Waals surface area (Å²) in [6.07, 6.45) is 2.81. The largest absolute Gasteiger partial charge is 0.324 e. The normalized spacial score (nSPS) is 14.9. The van der Waals surface area contributed by atoms with Gasteiger partial charge in [0.15, 0.2) is 0 Å². The molecule has 2 heterocycles. The molecule has 0 unspecified atom stereocenters. The van der Waals surface area contributed by atoms with Gasteiger partial charge in [0, 0.05) is 12.1 Å². The summed E-state index contributed by atoms with van der Waals surface area (Å²) in [5.41, 5.74) is 2.69. The highest BCUT2D eigenvalue weighted by atomic mass is 35.5. The van der Waals surface area contributed by atoms with Crippen molar-refractivity contribution in [1.82, 2.24) is 10.3 Å². The molecule has 0 radical (unpaired) electrons. The number of hydrogen-bond donors (Lipinski definition) is 2. The number of piperidine rings is 1. The molecule has 0 bridgehead atoms. The highest BCUT2D eigenvalue weighted by Crippen LogP contribution is 2.18. The van der Waals surface area contributed by atoms with Gasteiger partial charge >= 0.3 is 0 Å². The van der Waals surface area contributed by atoms with E-state index in [1.54, 1.807) is 0 Å². The van der Waals surface area contributed by atoms with Gasteiger partial charge in [0.25, 0.3) is 0 Å². The molecule has 2 N–H and O–H groups in total. The lowest BCUT2D eigenvalue weighted by molar-refractivity contribution is -0.117. The summed E-state index contributed by atoms with van der Waals surface area (Å²) >= 11 is 0. The van der Waals surface area contributed by atoms with Gasteiger partial charge in [0.2, 0.25) is 5.91 Å². The fourth-order valence-corrected chi connectivity index (χ4v) is 2.37. The van der Waals surface area contributed by atoms with E-state index in [0.717, 1.165) is 43.0 Å². The Morgan fingerprint density at radius 1 is 1.30 bits per heavy atom. The van der Waals surface area contributed by atoms with E-state index in [-0.39, 0.29) is 30.7 Å². The summed E-state index contributed by atoms with van der Waals surface area (Å²) in [7, 11) is 0. The summed E-state index contributed by atoms with van der Waals surface area (Å²) in [6.45, 7) is 5.94. The van der Waals surface area contributed by atoms with Crippen LogP contribution in [0.2, 0.25) is 0 Å². The molecule has 4 nitrogen and oxygen atoms in total. The summed E-state index contributed by atoms with van der Waals surface area (Å²) in [4.78, 5) is 16.3. The molecule has 2 rings (SSSR count). The van der Waals surface area contributed by atoms with Crippen LogP contribution in [0.15, 0.2) is 12.1 Å². The zero-order chi connectivity index (χ0) is 13.0. The molecule has 1 fully saturated rings. The molecule has 1 amide bonds. The Morgan fingerprint density at radius 3 is 2.55 bits per heavy atom. The lowest BCUT2D eigenvalue weighted by Gasteiger charge is -2.22. The maximum absolute atomic E-state index is 12.0. The van der Waals surface area contributed by atoms with Crippen molar-refractivity contribution in [2.24, 2.45) is 5.92 Å². The summed E-state index contributed by atoms with van der Waals surface area (Å²) in [6, 6.07) is 3.85. The number of nitrogens with zero attached hydrogens (tertiary/aromatic N) is 1. The molecule has 20 heavy (non-hydrogen) atoms. The molecular weight excluding hydrogens is 297 g/mol. The van der Waals surface area contributed by atoms with E-state index in [0.29, 0.717) is 12.3 Å². The number of aryl methyl sites for hydroxylation is 2. The first-order valence-corrected chi connectivity index (χ1v) is 6.60. The number of amides is 1. The quantitative estimate of drug-likeness (QED) is 0.900. The number of nitrogens with one attached hydrogen (secondary N) is 2. The number of hydrogen-bond acceptors (Lipinski definition) is 3. The van der Waals surface area contributed by atoms with Crippen LogP contribution >= 0.6 is 24.8 Å². The van der Waals surface area contributed by atoms with Crippen molar-refractivity contribution in [1.29, 1.82) is 0 Å². The second kappa shape index (κ2) is 9.16. The molecule has 0 atom stereocenters. The minimum Gasteiger partial charge on any atom is -0.324 e. The van der Waals surface area contributed by atoms with Gasteiger partial charge in [-0.05, 0) is 57.8 Å². The molecule has 1 aliphatic rings. The number of halogens is 2. The van der Waals surface area contributed by atoms with Crippen molar-refractivity contribution in [3.63, 3.8) is 0 Å². The lowest BCUT2D eigenvalue weighted by atomic mass is 9.94. The number of aromatic nitrogens is 1. The van der Waals surface area contributed by atoms with Crippen molar-refractivity contribution in [3.8, 4) is 0 Å². The zero-order valence-corrected chi connectivity index (χ0v) is 13.6. The van der Waals surface area contributed by atoms with E-state index in [2.05, 4.69) is 15.6 Å². The number of carbonyl (C=O) groups is 1. The van der Waals surface area contributed by atoms with Crippen LogP contribution in [0.5, 0.6) is 0 Å². The topological polar surface area (TPSA) is 54.0 Å². The van der Waals surface area contributed by atoms with Gasteiger partial charge in [0.1, 0.15) is 0 Å². The van der Waals surface area contributed by atoms with Crippen LogP contribution in [0.25, 0.3) is 0 Å². The third-order valence-corrected chi connectivity index (χ3v) is 3.43. The molecule has 1 aliphatic heterocycles. The molecular formula is C14H23Cl2N3O. The van der Waals surface area contributed by atoms with Crippen molar-refractivity contribution in [2.75, 3.05) is 18.4 Å². The summed E-state index contributed by atoms with van der Waals surface area (Å²) in [5, 5.41) is 6.27. The third-order valence-electron chi connectivity index (χ3n) is 3.43. The highest BCUT2D eigenvalue weighted by molar-refractivity contribution is 5.91. The SMILES string of the molecule is Cc1ccc(NC(=O)CC2CCNCC2)c(C)n1.Cl.Cl. The van der Waals surface area contributed by atoms with Crippen LogP contribution in [0.3, 0.4) is 0 Å². The zero-order valence-electron chi connectivity index (χ0n) is 11.9. The molecule has 0 spiro atoms. The molecule has 6 heteroatoms. The van der Waals surface area contributed by atoms with Gasteiger partial charge in [-0.25, -0.2) is 0 Å². The van der Waals surface area contributed by atoms with Crippen molar-refractivity contribution >= 4 is 36.4 Å². The molecule has 0 aromatic carbocycles. The average Bonchev–Trinajstić information content (AvgIpc) is 2.34. The van der Waals surface area contributed by atoms with E-state index in [1.807, 2.05) is 26.0 Å². The Bertz CT molecular complexity index is 434. The maximum Gasteiger partial charge on any atom is 0.224 e. The standard InChI is InChI=1S/C14H21N3O.2ClH/c1-10-3-4-13(11(2)16-10)17-14(18)9-12-5-7-15-8-6-12;;/h3-4,12,15H,5-9H2,1-2H3,(H,17,18);2*1H. The highest BCUT2D eigenvalue weighted by Gasteiger charge is 2.17. The van der Waals surface area contributed by atoms with Crippen LogP contribution in [-0.2, 0) is 4.79 Å². The second-order valence-electron chi connectivity index (χ2n) is 5.03. The Hall–Kier alpha value is -0.840. The predicted molar refractivity (Wildman–Crippen MR) is 87.0 cm³/mol. The van der Waals surface area contributed by atoms with Gasteiger partial charge in [-0.15, -0.1) is 24.8 Å². The van der Waals surface area contributed by atoms with Gasteiger partial charge < -0.3 is 10.6 Å². The number of carbonyl (C=O) groups excluding carboxylic acids is 1. The molecule has 0 aliphatic carbocycles. The monoisotopic (exact) mass is 319 g/mol. The Balaban J connectivity index is 0.00000180. The number of rotatable bonds is 3. The van der Waals surface area contributed by atoms with Crippen LogP contribution in [0.1, 0.15) is 30.7 Å². The average molecular weight is 320 g/mol. The fraction of sp³-hybridized carbons (Fsp3) is 0.571. The van der Waals surface area contributed by atoms with Gasteiger partial charge in [-0.1, -0.05) is 0 Å². The van der Waals surface area contributed by atoms with E-state index < -0.39 is 0 Å². The first kappa shape index (κ1) is 19.2. The molecule has 114 valence electrons. The molecule has 1 aromatic rings. The van der Waals surface area contributed by atoms with Gasteiger partial charge in [-0.3, -0.25) is 9.78 Å². The Morgan fingerprint density at radius 2 is 1.95 bits per heavy atom. The van der Waals surface area contributed by atoms with Crippen LogP contribution in [0.4, 0.5) is 5.69 Å². The van der Waals surface area contributed by atoms with Gasteiger partial charge in [0.05, 0.1) is 11.4 Å². The number of pyridine rings is 1. The van der Waals surface area contributed by atoms with Crippen molar-refractivity contribution in [2.45, 2.75) is 33.1 Å². The van der Waals surface area contributed by atoms with E-state index in [9.17, 15) is 4.79 Å². The Kier molecular flexibility index (Phi) is 8.78. The smallest absolute Gasteiger partial charge is 0.224 e. The maximum atomic E-state index is 12.0. The summed E-state index contributed by atoms with van der Waals surface area (Å²) in [5.74, 6) is 0.626. The van der Waals surface area contributed by atoms with Crippen LogP contribution < -0.4 is 10.6 Å². The van der Waals surface area contributed by atoms with Gasteiger partial charge in [-0.2, -0.15) is 0 Å². The van der Waals surface area contributed by atoms with E-state index >= 15 is 0 Å². The Labute approximate surface area is 132 Å². The fourth-order valence-electron chi connectivity index (χ4n) is 2.37. The van der Waals surface area contributed by atoms with Crippen LogP contribution in [0, 0.1) is 19.8 Å². The van der Waals surface area contributed by atoms with E-state index in [1.165, 1.54) is 0 Å². The minimum atomic E-state index is 0. The first-order chi connectivity index (χ1) is 8.65. The molecule has 1 saturated heterocycles. The molecule has 1 aromatic heterocycles. The second-order valence-corrected chi connectivity index (χ2v) is 5.03. The molecule has 0 saturated carbocycles. The van der Waals surface area contributed by atoms with Crippen molar-refractivity contribution in [3.05, 3.63) is 23.5 Å². The first-order valence-electron chi connectivity index (χ1n) is 6.60.